The molecule has 0 aliphatic carbocycles. The Balaban J connectivity index is 1.86. The van der Waals surface area contributed by atoms with Gasteiger partial charge in [-0.3, -0.25) is 4.90 Å². The standard InChI is InChI=1S/C17H29N3/c1-14(15-7-6-8-16(18)13-15)19(2)12-10-17-9-4-5-11-20(17)3/h6-8,13-14,17H,4-5,9-12,18H2,1-3H3. The zero-order valence-corrected chi connectivity index (χ0v) is 13.2. The largest absolute Gasteiger partial charge is 0.399 e. The highest BCUT2D eigenvalue weighted by atomic mass is 15.2. The van der Waals surface area contributed by atoms with Gasteiger partial charge in [0.05, 0.1) is 0 Å². The second kappa shape index (κ2) is 7.09. The van der Waals surface area contributed by atoms with Crippen LogP contribution in [0.1, 0.15) is 44.2 Å². The number of hydrogen-bond acceptors (Lipinski definition) is 3. The van der Waals surface area contributed by atoms with E-state index in [9.17, 15) is 0 Å². The van der Waals surface area contributed by atoms with E-state index in [1.165, 1.54) is 37.8 Å². The Hall–Kier alpha value is -1.06. The average molecular weight is 275 g/mol. The van der Waals surface area contributed by atoms with Crippen LogP contribution in [0.25, 0.3) is 0 Å². The second-order valence-corrected chi connectivity index (χ2v) is 6.25. The van der Waals surface area contributed by atoms with Crippen molar-refractivity contribution in [2.45, 2.75) is 44.7 Å². The van der Waals surface area contributed by atoms with Crippen LogP contribution in [0, 0.1) is 0 Å². The van der Waals surface area contributed by atoms with Crippen molar-refractivity contribution in [2.24, 2.45) is 0 Å². The van der Waals surface area contributed by atoms with Crippen molar-refractivity contribution in [3.05, 3.63) is 29.8 Å². The molecule has 0 amide bonds. The monoisotopic (exact) mass is 275 g/mol. The molecule has 0 saturated carbocycles. The maximum absolute atomic E-state index is 5.88. The molecule has 0 spiro atoms. The van der Waals surface area contributed by atoms with E-state index >= 15 is 0 Å². The van der Waals surface area contributed by atoms with Crippen molar-refractivity contribution in [1.29, 1.82) is 0 Å². The Labute approximate surface area is 123 Å². The zero-order valence-electron chi connectivity index (χ0n) is 13.2. The van der Waals surface area contributed by atoms with Crippen LogP contribution in [0.4, 0.5) is 5.69 Å². The predicted molar refractivity (Wildman–Crippen MR) is 86.8 cm³/mol. The number of piperidine rings is 1. The molecule has 3 heteroatoms. The quantitative estimate of drug-likeness (QED) is 0.838. The Morgan fingerprint density at radius 3 is 2.90 bits per heavy atom. The molecule has 0 aromatic heterocycles. The van der Waals surface area contributed by atoms with Crippen molar-refractivity contribution in [2.75, 3.05) is 32.9 Å². The summed E-state index contributed by atoms with van der Waals surface area (Å²) in [7, 11) is 4.49. The van der Waals surface area contributed by atoms with Gasteiger partial charge in [-0.15, -0.1) is 0 Å². The van der Waals surface area contributed by atoms with Gasteiger partial charge in [-0.05, 0) is 71.1 Å². The molecule has 20 heavy (non-hydrogen) atoms. The van der Waals surface area contributed by atoms with Crippen LogP contribution in [0.2, 0.25) is 0 Å². The lowest BCUT2D eigenvalue weighted by molar-refractivity contribution is 0.151. The minimum Gasteiger partial charge on any atom is -0.399 e. The zero-order chi connectivity index (χ0) is 14.5. The number of rotatable bonds is 5. The Morgan fingerprint density at radius 1 is 1.40 bits per heavy atom. The van der Waals surface area contributed by atoms with Crippen molar-refractivity contribution in [1.82, 2.24) is 9.80 Å². The van der Waals surface area contributed by atoms with E-state index in [4.69, 9.17) is 5.73 Å². The molecule has 1 aliphatic heterocycles. The highest BCUT2D eigenvalue weighted by Gasteiger charge is 2.20. The van der Waals surface area contributed by atoms with Crippen LogP contribution in [-0.2, 0) is 0 Å². The Morgan fingerprint density at radius 2 is 2.20 bits per heavy atom. The molecule has 112 valence electrons. The van der Waals surface area contributed by atoms with Gasteiger partial charge in [0.2, 0.25) is 0 Å². The van der Waals surface area contributed by atoms with Gasteiger partial charge in [0.15, 0.2) is 0 Å². The van der Waals surface area contributed by atoms with Crippen LogP contribution in [0.15, 0.2) is 24.3 Å². The molecule has 2 unspecified atom stereocenters. The number of hydrogen-bond donors (Lipinski definition) is 1. The summed E-state index contributed by atoms with van der Waals surface area (Å²) in [5, 5.41) is 0. The second-order valence-electron chi connectivity index (χ2n) is 6.25. The number of nitrogen functional groups attached to an aromatic ring is 1. The lowest BCUT2D eigenvalue weighted by Crippen LogP contribution is -2.38. The first kappa shape index (κ1) is 15.3. The van der Waals surface area contributed by atoms with Gasteiger partial charge in [-0.1, -0.05) is 18.6 Å². The van der Waals surface area contributed by atoms with E-state index in [2.05, 4.69) is 43.0 Å². The van der Waals surface area contributed by atoms with Gasteiger partial charge < -0.3 is 10.6 Å². The Kier molecular flexibility index (Phi) is 5.44. The summed E-state index contributed by atoms with van der Waals surface area (Å²) in [4.78, 5) is 4.97. The van der Waals surface area contributed by atoms with Crippen molar-refractivity contribution in [3.8, 4) is 0 Å². The number of nitrogens with zero attached hydrogens (tertiary/aromatic N) is 2. The van der Waals surface area contributed by atoms with Crippen LogP contribution < -0.4 is 5.73 Å². The first-order valence-corrected chi connectivity index (χ1v) is 7.84. The summed E-state index contributed by atoms with van der Waals surface area (Å²) in [6, 6.07) is 9.45. The third-order valence-electron chi connectivity index (χ3n) is 4.79. The molecule has 1 fully saturated rings. The van der Waals surface area contributed by atoms with E-state index in [1.54, 1.807) is 0 Å². The summed E-state index contributed by atoms with van der Waals surface area (Å²) >= 11 is 0. The van der Waals surface area contributed by atoms with Crippen molar-refractivity contribution >= 4 is 5.69 Å². The highest BCUT2D eigenvalue weighted by Crippen LogP contribution is 2.23. The molecule has 2 atom stereocenters. The fourth-order valence-electron chi connectivity index (χ4n) is 3.13. The molecular formula is C17H29N3. The van der Waals surface area contributed by atoms with Crippen LogP contribution >= 0.6 is 0 Å². The minimum absolute atomic E-state index is 0.424. The lowest BCUT2D eigenvalue weighted by atomic mass is 9.99. The first-order valence-electron chi connectivity index (χ1n) is 7.84. The summed E-state index contributed by atoms with van der Waals surface area (Å²) in [6.45, 7) is 4.67. The van der Waals surface area contributed by atoms with Gasteiger partial charge in [-0.25, -0.2) is 0 Å². The molecule has 0 bridgehead atoms. The molecule has 1 aromatic rings. The smallest absolute Gasteiger partial charge is 0.0317 e. The molecule has 1 aliphatic rings. The SMILES string of the molecule is CC(c1cccc(N)c1)N(C)CCC1CCCCN1C. The molecule has 1 aromatic carbocycles. The fourth-order valence-corrected chi connectivity index (χ4v) is 3.13. The summed E-state index contributed by atoms with van der Waals surface area (Å²) < 4.78 is 0. The maximum atomic E-state index is 5.88. The van der Waals surface area contributed by atoms with Crippen LogP contribution in [0.3, 0.4) is 0 Å². The van der Waals surface area contributed by atoms with Crippen molar-refractivity contribution in [3.63, 3.8) is 0 Å². The van der Waals surface area contributed by atoms with E-state index < -0.39 is 0 Å². The number of anilines is 1. The van der Waals surface area contributed by atoms with E-state index in [-0.39, 0.29) is 0 Å². The molecule has 1 heterocycles. The van der Waals surface area contributed by atoms with Gasteiger partial charge in [-0.2, -0.15) is 0 Å². The summed E-state index contributed by atoms with van der Waals surface area (Å²) in [5.74, 6) is 0. The van der Waals surface area contributed by atoms with Gasteiger partial charge in [0.1, 0.15) is 0 Å². The maximum Gasteiger partial charge on any atom is 0.0317 e. The van der Waals surface area contributed by atoms with Crippen molar-refractivity contribution < 1.29 is 0 Å². The lowest BCUT2D eigenvalue weighted by Gasteiger charge is -2.34. The normalized spacial score (nSPS) is 22.1. The van der Waals surface area contributed by atoms with E-state index in [0.717, 1.165) is 18.3 Å². The van der Waals surface area contributed by atoms with Gasteiger partial charge in [0.25, 0.3) is 0 Å². The number of nitrogens with two attached hydrogens (primary N) is 1. The highest BCUT2D eigenvalue weighted by molar-refractivity contribution is 5.41. The Bertz CT molecular complexity index is 418. The van der Waals surface area contributed by atoms with Crippen LogP contribution in [-0.4, -0.2) is 43.0 Å². The molecule has 0 radical (unpaired) electrons. The topological polar surface area (TPSA) is 32.5 Å². The number of benzene rings is 1. The van der Waals surface area contributed by atoms with E-state index in [1.807, 2.05) is 12.1 Å². The predicted octanol–water partition coefficient (Wildman–Crippen LogP) is 3.14. The molecular weight excluding hydrogens is 246 g/mol. The fraction of sp³-hybridized carbons (Fsp3) is 0.647. The molecule has 3 nitrogen and oxygen atoms in total. The molecule has 2 N–H and O–H groups in total. The third-order valence-corrected chi connectivity index (χ3v) is 4.79. The van der Waals surface area contributed by atoms with E-state index in [0.29, 0.717) is 6.04 Å². The minimum atomic E-state index is 0.424. The molecule has 1 saturated heterocycles. The molecule has 2 rings (SSSR count). The third kappa shape index (κ3) is 3.97. The van der Waals surface area contributed by atoms with Gasteiger partial charge >= 0.3 is 0 Å². The number of likely N-dealkylation sites (tertiary alicyclic amines) is 1. The summed E-state index contributed by atoms with van der Waals surface area (Å²) in [5.41, 5.74) is 8.05. The van der Waals surface area contributed by atoms with Gasteiger partial charge in [0, 0.05) is 17.8 Å². The van der Waals surface area contributed by atoms with Crippen LogP contribution in [0.5, 0.6) is 0 Å². The average Bonchev–Trinajstić information content (AvgIpc) is 2.45. The summed E-state index contributed by atoms with van der Waals surface area (Å²) in [6.07, 6.45) is 5.38. The first-order chi connectivity index (χ1) is 9.58.